The average molecular weight is 297 g/mol. The summed E-state index contributed by atoms with van der Waals surface area (Å²) < 4.78 is 1.99. The van der Waals surface area contributed by atoms with Crippen molar-refractivity contribution in [2.24, 2.45) is 5.73 Å². The fraction of sp³-hybridized carbons (Fsp3) is 0.846. The van der Waals surface area contributed by atoms with Gasteiger partial charge >= 0.3 is 0 Å². The normalized spacial score (nSPS) is 18.1. The van der Waals surface area contributed by atoms with Crippen molar-refractivity contribution in [1.29, 1.82) is 0 Å². The van der Waals surface area contributed by atoms with Gasteiger partial charge < -0.3 is 5.73 Å². The molecule has 1 aliphatic rings. The van der Waals surface area contributed by atoms with Crippen LogP contribution in [-0.4, -0.2) is 31.4 Å². The highest BCUT2D eigenvalue weighted by Crippen LogP contribution is 2.29. The maximum atomic E-state index is 11.0. The summed E-state index contributed by atoms with van der Waals surface area (Å²) in [6.07, 6.45) is 7.53. The van der Waals surface area contributed by atoms with Crippen LogP contribution in [0.25, 0.3) is 0 Å². The summed E-state index contributed by atoms with van der Waals surface area (Å²) in [6, 6.07) is 0.450. The molecule has 0 bridgehead atoms. The van der Waals surface area contributed by atoms with Crippen molar-refractivity contribution >= 4 is 17.7 Å². The van der Waals surface area contributed by atoms with Crippen molar-refractivity contribution in [3.05, 3.63) is 5.82 Å². The number of carbonyl (C=O) groups excluding carboxylic acids is 1. The summed E-state index contributed by atoms with van der Waals surface area (Å²) >= 11 is 1.72. The Labute approximate surface area is 123 Å². The Balaban J connectivity index is 1.92. The zero-order valence-corrected chi connectivity index (χ0v) is 12.8. The van der Waals surface area contributed by atoms with Crippen LogP contribution in [0.15, 0.2) is 0 Å². The van der Waals surface area contributed by atoms with Crippen LogP contribution in [0.2, 0.25) is 0 Å². The van der Waals surface area contributed by atoms with Crippen molar-refractivity contribution < 1.29 is 4.79 Å². The van der Waals surface area contributed by atoms with Crippen LogP contribution in [0.5, 0.6) is 0 Å². The van der Waals surface area contributed by atoms with Crippen LogP contribution in [0.4, 0.5) is 0 Å². The third-order valence-electron chi connectivity index (χ3n) is 3.81. The van der Waals surface area contributed by atoms with Crippen LogP contribution < -0.4 is 5.73 Å². The molecule has 0 radical (unpaired) electrons. The largest absolute Gasteiger partial charge is 0.370 e. The number of carbonyl (C=O) groups is 1. The molecule has 0 spiro atoms. The lowest BCUT2D eigenvalue weighted by Gasteiger charge is -2.22. The monoisotopic (exact) mass is 297 g/mol. The van der Waals surface area contributed by atoms with E-state index < -0.39 is 0 Å². The first-order valence-corrected chi connectivity index (χ1v) is 8.42. The lowest BCUT2D eigenvalue weighted by Crippen LogP contribution is -2.19. The second-order valence-corrected chi connectivity index (χ2v) is 6.63. The predicted octanol–water partition coefficient (Wildman–Crippen LogP) is 2.07. The minimum atomic E-state index is -0.240. The quantitative estimate of drug-likeness (QED) is 0.832. The SMILES string of the molecule is CCC(CC(N)=O)SCc1nnnn1C1CCCCC1. The minimum absolute atomic E-state index is 0.240. The Bertz CT molecular complexity index is 430. The topological polar surface area (TPSA) is 86.7 Å². The fourth-order valence-electron chi connectivity index (χ4n) is 2.65. The molecule has 6 nitrogen and oxygen atoms in total. The maximum absolute atomic E-state index is 11.0. The highest BCUT2D eigenvalue weighted by atomic mass is 32.2. The van der Waals surface area contributed by atoms with Crippen molar-refractivity contribution in [3.63, 3.8) is 0 Å². The number of rotatable bonds is 7. The van der Waals surface area contributed by atoms with Gasteiger partial charge in [0.15, 0.2) is 5.82 Å². The first-order chi connectivity index (χ1) is 9.70. The summed E-state index contributed by atoms with van der Waals surface area (Å²) in [5.74, 6) is 1.43. The molecule has 7 heteroatoms. The molecule has 1 atom stereocenters. The van der Waals surface area contributed by atoms with Gasteiger partial charge in [-0.1, -0.05) is 26.2 Å². The molecule has 1 unspecified atom stereocenters. The van der Waals surface area contributed by atoms with Crippen molar-refractivity contribution in [2.45, 2.75) is 68.9 Å². The van der Waals surface area contributed by atoms with E-state index in [2.05, 4.69) is 22.4 Å². The molecule has 0 aromatic carbocycles. The molecule has 1 heterocycles. The Kier molecular flexibility index (Phi) is 5.82. The zero-order chi connectivity index (χ0) is 14.4. The van der Waals surface area contributed by atoms with Gasteiger partial charge in [-0.2, -0.15) is 0 Å². The molecule has 1 aliphatic carbocycles. The van der Waals surface area contributed by atoms with E-state index in [0.29, 0.717) is 12.5 Å². The maximum Gasteiger partial charge on any atom is 0.218 e. The van der Waals surface area contributed by atoms with E-state index in [9.17, 15) is 4.79 Å². The van der Waals surface area contributed by atoms with Crippen molar-refractivity contribution in [3.8, 4) is 0 Å². The minimum Gasteiger partial charge on any atom is -0.370 e. The van der Waals surface area contributed by atoms with Crippen LogP contribution in [0, 0.1) is 0 Å². The fourth-order valence-corrected chi connectivity index (χ4v) is 3.75. The molecule has 112 valence electrons. The molecule has 1 fully saturated rings. The number of amides is 1. The van der Waals surface area contributed by atoms with Gasteiger partial charge in [0.05, 0.1) is 11.8 Å². The van der Waals surface area contributed by atoms with Gasteiger partial charge in [-0.3, -0.25) is 4.79 Å². The number of primary amides is 1. The van der Waals surface area contributed by atoms with Gasteiger partial charge in [-0.15, -0.1) is 16.9 Å². The first-order valence-electron chi connectivity index (χ1n) is 7.37. The summed E-state index contributed by atoms with van der Waals surface area (Å²) in [5, 5.41) is 12.4. The number of nitrogens with two attached hydrogens (primary N) is 1. The second-order valence-electron chi connectivity index (χ2n) is 5.34. The van der Waals surface area contributed by atoms with E-state index in [1.54, 1.807) is 11.8 Å². The van der Waals surface area contributed by atoms with Gasteiger partial charge in [0.25, 0.3) is 0 Å². The number of hydrogen-bond acceptors (Lipinski definition) is 5. The van der Waals surface area contributed by atoms with Gasteiger partial charge in [0.1, 0.15) is 0 Å². The van der Waals surface area contributed by atoms with Crippen molar-refractivity contribution in [2.75, 3.05) is 0 Å². The Morgan fingerprint density at radius 3 is 2.85 bits per heavy atom. The predicted molar refractivity (Wildman–Crippen MR) is 79.1 cm³/mol. The van der Waals surface area contributed by atoms with Gasteiger partial charge in [-0.25, -0.2) is 4.68 Å². The van der Waals surface area contributed by atoms with Crippen molar-refractivity contribution in [1.82, 2.24) is 20.2 Å². The van der Waals surface area contributed by atoms with Crippen LogP contribution >= 0.6 is 11.8 Å². The Morgan fingerprint density at radius 2 is 2.20 bits per heavy atom. The van der Waals surface area contributed by atoms with E-state index in [0.717, 1.165) is 18.0 Å². The highest BCUT2D eigenvalue weighted by molar-refractivity contribution is 7.99. The smallest absolute Gasteiger partial charge is 0.218 e. The number of aromatic nitrogens is 4. The van der Waals surface area contributed by atoms with Gasteiger partial charge in [0, 0.05) is 11.7 Å². The lowest BCUT2D eigenvalue weighted by atomic mass is 9.96. The van der Waals surface area contributed by atoms with E-state index in [1.807, 2.05) is 4.68 Å². The number of thioether (sulfide) groups is 1. The molecule has 1 saturated carbocycles. The van der Waals surface area contributed by atoms with Crippen LogP contribution in [0.1, 0.15) is 63.7 Å². The Hall–Kier alpha value is -1.11. The summed E-state index contributed by atoms with van der Waals surface area (Å²) in [7, 11) is 0. The third-order valence-corrected chi connectivity index (χ3v) is 5.21. The van der Waals surface area contributed by atoms with Gasteiger partial charge in [-0.05, 0) is 29.7 Å². The molecule has 1 amide bonds. The lowest BCUT2D eigenvalue weighted by molar-refractivity contribution is -0.118. The van der Waals surface area contributed by atoms with Crippen LogP contribution in [0.3, 0.4) is 0 Å². The van der Waals surface area contributed by atoms with E-state index in [1.165, 1.54) is 32.1 Å². The zero-order valence-electron chi connectivity index (χ0n) is 12.0. The Morgan fingerprint density at radius 1 is 1.45 bits per heavy atom. The molecular formula is C13H23N5OS. The van der Waals surface area contributed by atoms with E-state index in [4.69, 9.17) is 5.73 Å². The standard InChI is InChI=1S/C13H23N5OS/c1-2-11(8-12(14)19)20-9-13-15-16-17-18(13)10-6-4-3-5-7-10/h10-11H,2-9H2,1H3,(H2,14,19). The second kappa shape index (κ2) is 7.61. The van der Waals surface area contributed by atoms with Crippen LogP contribution in [-0.2, 0) is 10.5 Å². The molecule has 1 aromatic rings. The molecule has 1 aromatic heterocycles. The molecular weight excluding hydrogens is 274 g/mol. The summed E-state index contributed by atoms with van der Waals surface area (Å²) in [4.78, 5) is 11.0. The number of tetrazole rings is 1. The molecule has 2 rings (SSSR count). The number of nitrogens with zero attached hydrogens (tertiary/aromatic N) is 4. The summed E-state index contributed by atoms with van der Waals surface area (Å²) in [6.45, 7) is 2.07. The number of hydrogen-bond donors (Lipinski definition) is 1. The first kappa shape index (κ1) is 15.3. The molecule has 20 heavy (non-hydrogen) atoms. The molecule has 0 aliphatic heterocycles. The summed E-state index contributed by atoms with van der Waals surface area (Å²) in [5.41, 5.74) is 5.27. The van der Waals surface area contributed by atoms with E-state index in [-0.39, 0.29) is 11.2 Å². The average Bonchev–Trinajstić information content (AvgIpc) is 2.92. The van der Waals surface area contributed by atoms with Gasteiger partial charge in [0.2, 0.25) is 5.91 Å². The highest BCUT2D eigenvalue weighted by Gasteiger charge is 2.21. The molecule has 2 N–H and O–H groups in total. The third kappa shape index (κ3) is 4.19. The molecule has 0 saturated heterocycles. The van der Waals surface area contributed by atoms with E-state index >= 15 is 0 Å².